The lowest BCUT2D eigenvalue weighted by Gasteiger charge is -2.26. The molecule has 0 radical (unpaired) electrons. The number of alkyl halides is 1. The van der Waals surface area contributed by atoms with E-state index in [9.17, 15) is 14.7 Å². The number of carbonyl (C=O) groups is 2. The molecule has 2 atom stereocenters. The van der Waals surface area contributed by atoms with Gasteiger partial charge in [-0.25, -0.2) is 9.59 Å². The number of benzene rings is 2. The Bertz CT molecular complexity index is 880. The number of halogens is 2. The minimum Gasteiger partial charge on any atom is -0.444 e. The first-order valence-corrected chi connectivity index (χ1v) is 10.1. The van der Waals surface area contributed by atoms with Crippen LogP contribution in [0.1, 0.15) is 43.4 Å². The normalized spacial score (nSPS) is 13.3. The molecule has 2 aromatic rings. The minimum absolute atomic E-state index is 0.0459. The summed E-state index contributed by atoms with van der Waals surface area (Å²) in [7, 11) is 1.54. The van der Waals surface area contributed by atoms with Crippen LogP contribution in [-0.2, 0) is 9.53 Å². The molecule has 6 nitrogen and oxygen atoms in total. The Morgan fingerprint density at radius 2 is 1.70 bits per heavy atom. The second-order valence-corrected chi connectivity index (χ2v) is 8.59. The third-order valence-electron chi connectivity index (χ3n) is 4.02. The molecule has 2 unspecified atom stereocenters. The van der Waals surface area contributed by atoms with Gasteiger partial charge in [0.25, 0.3) is 0 Å². The molecule has 2 rings (SSSR count). The van der Waals surface area contributed by atoms with Crippen LogP contribution in [0, 0.1) is 0 Å². The van der Waals surface area contributed by atoms with Gasteiger partial charge < -0.3 is 19.5 Å². The summed E-state index contributed by atoms with van der Waals surface area (Å²) in [5.41, 5.74) is 0.397. The standard InChI is InChI=1S/C22H25Cl2NO5/c1-22(2,3)30-21(28)25(4)13-18(26)14-9-11-15(12-10-14)29-20(27)19(24)16-7-5-6-8-17(16)23/h5-12,18-19,26H,13H2,1-4H3. The van der Waals surface area contributed by atoms with Crippen LogP contribution in [0.5, 0.6) is 5.75 Å². The van der Waals surface area contributed by atoms with Crippen molar-refractivity contribution in [1.82, 2.24) is 4.90 Å². The summed E-state index contributed by atoms with van der Waals surface area (Å²) in [5, 5.41) is 9.71. The van der Waals surface area contributed by atoms with Gasteiger partial charge in [0.15, 0.2) is 5.38 Å². The number of ether oxygens (including phenoxy) is 2. The van der Waals surface area contributed by atoms with Crippen molar-refractivity contribution >= 4 is 35.3 Å². The maximum absolute atomic E-state index is 12.3. The Morgan fingerprint density at radius 1 is 1.10 bits per heavy atom. The Kier molecular flexibility index (Phi) is 8.12. The Labute approximate surface area is 186 Å². The van der Waals surface area contributed by atoms with Crippen LogP contribution in [0.2, 0.25) is 5.02 Å². The van der Waals surface area contributed by atoms with Crippen molar-refractivity contribution in [3.63, 3.8) is 0 Å². The lowest BCUT2D eigenvalue weighted by atomic mass is 10.1. The highest BCUT2D eigenvalue weighted by atomic mass is 35.5. The monoisotopic (exact) mass is 453 g/mol. The molecule has 0 bridgehead atoms. The molecule has 0 aliphatic rings. The fourth-order valence-corrected chi connectivity index (χ4v) is 3.05. The SMILES string of the molecule is CN(CC(O)c1ccc(OC(=O)C(Cl)c2ccccc2Cl)cc1)C(=O)OC(C)(C)C. The van der Waals surface area contributed by atoms with Gasteiger partial charge in [-0.1, -0.05) is 41.9 Å². The zero-order chi connectivity index (χ0) is 22.5. The first-order chi connectivity index (χ1) is 14.0. The van der Waals surface area contributed by atoms with E-state index in [1.54, 1.807) is 76.3 Å². The van der Waals surface area contributed by atoms with Crippen LogP contribution in [0.4, 0.5) is 4.79 Å². The van der Waals surface area contributed by atoms with Crippen molar-refractivity contribution in [2.45, 2.75) is 37.9 Å². The Balaban J connectivity index is 1.96. The van der Waals surface area contributed by atoms with E-state index in [1.165, 1.54) is 4.90 Å². The van der Waals surface area contributed by atoms with Gasteiger partial charge in [0.05, 0.1) is 12.6 Å². The fourth-order valence-electron chi connectivity index (χ4n) is 2.51. The first-order valence-electron chi connectivity index (χ1n) is 9.30. The summed E-state index contributed by atoms with van der Waals surface area (Å²) in [5.74, 6) is -0.392. The Hall–Kier alpha value is -2.28. The van der Waals surface area contributed by atoms with E-state index < -0.39 is 29.1 Å². The molecule has 0 fully saturated rings. The highest BCUT2D eigenvalue weighted by Crippen LogP contribution is 2.29. The maximum Gasteiger partial charge on any atom is 0.410 e. The van der Waals surface area contributed by atoms with Crippen LogP contribution in [-0.4, -0.2) is 41.3 Å². The molecular formula is C22H25Cl2NO5. The van der Waals surface area contributed by atoms with Crippen molar-refractivity contribution in [2.75, 3.05) is 13.6 Å². The third-order valence-corrected chi connectivity index (χ3v) is 4.78. The average Bonchev–Trinajstić information content (AvgIpc) is 2.67. The van der Waals surface area contributed by atoms with Gasteiger partial charge in [0.2, 0.25) is 0 Å². The van der Waals surface area contributed by atoms with Gasteiger partial charge >= 0.3 is 12.1 Å². The smallest absolute Gasteiger partial charge is 0.410 e. The van der Waals surface area contributed by atoms with Gasteiger partial charge in [0, 0.05) is 12.1 Å². The predicted molar refractivity (Wildman–Crippen MR) is 116 cm³/mol. The fraction of sp³-hybridized carbons (Fsp3) is 0.364. The number of nitrogens with zero attached hydrogens (tertiary/aromatic N) is 1. The zero-order valence-electron chi connectivity index (χ0n) is 17.3. The largest absolute Gasteiger partial charge is 0.444 e. The summed E-state index contributed by atoms with van der Waals surface area (Å²) in [4.78, 5) is 25.6. The summed E-state index contributed by atoms with van der Waals surface area (Å²) >= 11 is 12.2. The lowest BCUT2D eigenvalue weighted by molar-refractivity contribution is -0.134. The number of aliphatic hydroxyl groups excluding tert-OH is 1. The van der Waals surface area contributed by atoms with E-state index in [1.807, 2.05) is 0 Å². The number of carbonyl (C=O) groups excluding carboxylic acids is 2. The number of hydrogen-bond donors (Lipinski definition) is 1. The van der Waals surface area contributed by atoms with E-state index in [0.29, 0.717) is 16.1 Å². The molecular weight excluding hydrogens is 429 g/mol. The number of hydrogen-bond acceptors (Lipinski definition) is 5. The molecule has 0 spiro atoms. The summed E-state index contributed by atoms with van der Waals surface area (Å²) < 4.78 is 10.6. The zero-order valence-corrected chi connectivity index (χ0v) is 18.8. The lowest BCUT2D eigenvalue weighted by Crippen LogP contribution is -2.36. The van der Waals surface area contributed by atoms with Gasteiger partial charge in [0.1, 0.15) is 11.4 Å². The van der Waals surface area contributed by atoms with Crippen LogP contribution < -0.4 is 4.74 Å². The topological polar surface area (TPSA) is 76.1 Å². The second kappa shape index (κ2) is 10.2. The molecule has 0 aliphatic heterocycles. The van der Waals surface area contributed by atoms with E-state index >= 15 is 0 Å². The summed E-state index contributed by atoms with van der Waals surface area (Å²) in [6.07, 6.45) is -1.46. The van der Waals surface area contributed by atoms with E-state index in [4.69, 9.17) is 32.7 Å². The minimum atomic E-state index is -1.05. The van der Waals surface area contributed by atoms with Crippen molar-refractivity contribution in [3.05, 3.63) is 64.7 Å². The van der Waals surface area contributed by atoms with Crippen molar-refractivity contribution < 1.29 is 24.2 Å². The van der Waals surface area contributed by atoms with Gasteiger partial charge in [-0.2, -0.15) is 0 Å². The van der Waals surface area contributed by atoms with E-state index in [2.05, 4.69) is 0 Å². The number of likely N-dealkylation sites (N-methyl/N-ethyl adjacent to an activating group) is 1. The molecule has 0 heterocycles. The van der Waals surface area contributed by atoms with Crippen molar-refractivity contribution in [1.29, 1.82) is 0 Å². The van der Waals surface area contributed by atoms with E-state index in [0.717, 1.165) is 0 Å². The van der Waals surface area contributed by atoms with Crippen LogP contribution in [0.25, 0.3) is 0 Å². The van der Waals surface area contributed by atoms with Gasteiger partial charge in [-0.3, -0.25) is 0 Å². The first kappa shape index (κ1) is 24.0. The summed E-state index contributed by atoms with van der Waals surface area (Å²) in [6.45, 7) is 5.36. The quantitative estimate of drug-likeness (QED) is 0.372. The van der Waals surface area contributed by atoms with Crippen LogP contribution >= 0.6 is 23.2 Å². The van der Waals surface area contributed by atoms with Crippen LogP contribution in [0.3, 0.4) is 0 Å². The molecule has 30 heavy (non-hydrogen) atoms. The van der Waals surface area contributed by atoms with Crippen molar-refractivity contribution in [3.8, 4) is 5.75 Å². The third kappa shape index (κ3) is 6.90. The maximum atomic E-state index is 12.3. The highest BCUT2D eigenvalue weighted by molar-refractivity contribution is 6.35. The molecule has 0 aromatic heterocycles. The number of esters is 1. The molecule has 1 amide bonds. The highest BCUT2D eigenvalue weighted by Gasteiger charge is 2.23. The van der Waals surface area contributed by atoms with Gasteiger partial charge in [-0.05, 0) is 50.1 Å². The molecule has 1 N–H and O–H groups in total. The second-order valence-electron chi connectivity index (χ2n) is 7.75. The molecule has 0 aliphatic carbocycles. The molecule has 0 saturated heterocycles. The average molecular weight is 454 g/mol. The molecule has 2 aromatic carbocycles. The number of amides is 1. The number of rotatable bonds is 6. The Morgan fingerprint density at radius 3 is 2.27 bits per heavy atom. The summed E-state index contributed by atoms with van der Waals surface area (Å²) in [6, 6.07) is 13.1. The van der Waals surface area contributed by atoms with Crippen molar-refractivity contribution in [2.24, 2.45) is 0 Å². The van der Waals surface area contributed by atoms with Gasteiger partial charge in [-0.15, -0.1) is 11.6 Å². The molecule has 8 heteroatoms. The number of aliphatic hydroxyl groups is 1. The van der Waals surface area contributed by atoms with E-state index in [-0.39, 0.29) is 12.3 Å². The molecule has 0 saturated carbocycles. The van der Waals surface area contributed by atoms with Crippen LogP contribution in [0.15, 0.2) is 48.5 Å². The predicted octanol–water partition coefficient (Wildman–Crippen LogP) is 5.13. The molecule has 162 valence electrons.